The summed E-state index contributed by atoms with van der Waals surface area (Å²) in [4.78, 5) is 14.0. The number of carbonyl (C=O) groups is 1. The van der Waals surface area contributed by atoms with Gasteiger partial charge in [-0.1, -0.05) is 6.92 Å². The molecule has 0 spiro atoms. The predicted octanol–water partition coefficient (Wildman–Crippen LogP) is 4.13. The van der Waals surface area contributed by atoms with Crippen molar-refractivity contribution in [1.82, 2.24) is 9.78 Å². The molecule has 5 nitrogen and oxygen atoms in total. The molecule has 1 unspecified atom stereocenters. The van der Waals surface area contributed by atoms with E-state index in [4.69, 9.17) is 0 Å². The summed E-state index contributed by atoms with van der Waals surface area (Å²) in [5, 5.41) is 14.8. The van der Waals surface area contributed by atoms with E-state index in [1.165, 1.54) is 0 Å². The number of carbonyl (C=O) groups excluding carboxylic acids is 1. The van der Waals surface area contributed by atoms with Crippen LogP contribution in [0.25, 0.3) is 0 Å². The number of rotatable bonds is 4. The fourth-order valence-corrected chi connectivity index (χ4v) is 9.07. The molecule has 4 saturated carbocycles. The smallest absolute Gasteiger partial charge is 0.157 e. The molecule has 0 aliphatic heterocycles. The second-order valence-electron chi connectivity index (χ2n) is 12.3. The highest BCUT2D eigenvalue weighted by Crippen LogP contribution is 2.65. The summed E-state index contributed by atoms with van der Waals surface area (Å²) >= 11 is 0. The predicted molar refractivity (Wildman–Crippen MR) is 128 cm³/mol. The third-order valence-corrected chi connectivity index (χ3v) is 11.3. The minimum Gasteiger partial charge on any atom is -0.390 e. The number of alkyl halides is 1. The maximum absolute atomic E-state index is 15.4. The highest BCUT2D eigenvalue weighted by atomic mass is 32.2. The van der Waals surface area contributed by atoms with E-state index in [1.807, 2.05) is 6.92 Å². The Labute approximate surface area is 197 Å². The minimum atomic E-state index is -2.35. The third-order valence-electron chi connectivity index (χ3n) is 10.1. The van der Waals surface area contributed by atoms with Gasteiger partial charge in [-0.3, -0.25) is 13.7 Å². The van der Waals surface area contributed by atoms with Crippen LogP contribution in [0.2, 0.25) is 0 Å². The molecule has 4 fully saturated rings. The number of aliphatic hydroxyl groups is 1. The lowest BCUT2D eigenvalue weighted by Crippen LogP contribution is -2.54. The molecule has 0 radical (unpaired) electrons. The summed E-state index contributed by atoms with van der Waals surface area (Å²) < 4.78 is 29.2. The summed E-state index contributed by atoms with van der Waals surface area (Å²) in [6.07, 6.45) is 10.8. The first-order valence-electron chi connectivity index (χ1n) is 12.6. The van der Waals surface area contributed by atoms with Crippen molar-refractivity contribution in [2.24, 2.45) is 40.9 Å². The Hall–Kier alpha value is -1.21. The van der Waals surface area contributed by atoms with Crippen LogP contribution in [0.3, 0.4) is 0 Å². The lowest BCUT2D eigenvalue weighted by molar-refractivity contribution is -0.139. The first-order chi connectivity index (χ1) is 15.4. The fraction of sp³-hybridized carbons (Fsp3) is 0.808. The first-order valence-corrected chi connectivity index (χ1v) is 14.8. The van der Waals surface area contributed by atoms with Crippen molar-refractivity contribution >= 4 is 21.2 Å². The number of ketones is 1. The SMILES string of the molecule is C=S(C)(=O)c1cnn(CC(=O)[C@H]2CC[C@H]3[C@@H]4C[C@@H](F)[C@H]5C[C@](C)(O)CC[C@@H]5[C@H]4CC[C@]23C)c1. The van der Waals surface area contributed by atoms with Crippen molar-refractivity contribution in [3.63, 3.8) is 0 Å². The van der Waals surface area contributed by atoms with Crippen LogP contribution in [0.5, 0.6) is 0 Å². The summed E-state index contributed by atoms with van der Waals surface area (Å²) in [5.41, 5.74) is -0.802. The zero-order valence-corrected chi connectivity index (χ0v) is 21.0. The molecule has 1 N–H and O–H groups in total. The number of halogens is 1. The van der Waals surface area contributed by atoms with Crippen LogP contribution in [-0.4, -0.2) is 48.8 Å². The van der Waals surface area contributed by atoms with Gasteiger partial charge in [-0.15, -0.1) is 0 Å². The average Bonchev–Trinajstić information content (AvgIpc) is 3.32. The van der Waals surface area contributed by atoms with Gasteiger partial charge < -0.3 is 5.11 Å². The Morgan fingerprint density at radius 2 is 1.91 bits per heavy atom. The largest absolute Gasteiger partial charge is 0.390 e. The molecule has 1 aromatic rings. The molecular weight excluding hydrogens is 439 g/mol. The maximum Gasteiger partial charge on any atom is 0.157 e. The van der Waals surface area contributed by atoms with Crippen molar-refractivity contribution in [3.05, 3.63) is 12.4 Å². The molecule has 7 heteroatoms. The maximum atomic E-state index is 15.4. The number of hydrogen-bond donors (Lipinski definition) is 1. The average molecular weight is 479 g/mol. The zero-order chi connectivity index (χ0) is 23.8. The van der Waals surface area contributed by atoms with Crippen LogP contribution in [0, 0.1) is 40.9 Å². The molecule has 1 heterocycles. The Morgan fingerprint density at radius 1 is 1.21 bits per heavy atom. The van der Waals surface area contributed by atoms with Crippen LogP contribution >= 0.6 is 0 Å². The van der Waals surface area contributed by atoms with Crippen molar-refractivity contribution in [2.75, 3.05) is 6.26 Å². The van der Waals surface area contributed by atoms with E-state index >= 15 is 4.39 Å². The van der Waals surface area contributed by atoms with Gasteiger partial charge in [0.2, 0.25) is 0 Å². The van der Waals surface area contributed by atoms with Crippen molar-refractivity contribution in [3.8, 4) is 0 Å². The number of fused-ring (bicyclic) bond motifs is 5. The Balaban J connectivity index is 1.32. The van der Waals surface area contributed by atoms with Crippen molar-refractivity contribution in [2.45, 2.75) is 88.4 Å². The molecule has 0 amide bonds. The molecular formula is C26H39FN2O3S. The fourth-order valence-electron chi connectivity index (χ4n) is 8.46. The van der Waals surface area contributed by atoms with Crippen LogP contribution < -0.4 is 0 Å². The number of aromatic nitrogens is 2. The topological polar surface area (TPSA) is 72.2 Å². The molecule has 5 rings (SSSR count). The molecule has 33 heavy (non-hydrogen) atoms. The number of hydrogen-bond acceptors (Lipinski definition) is 4. The van der Waals surface area contributed by atoms with E-state index in [2.05, 4.69) is 17.9 Å². The molecule has 0 bridgehead atoms. The van der Waals surface area contributed by atoms with Gasteiger partial charge >= 0.3 is 0 Å². The lowest BCUT2D eigenvalue weighted by Gasteiger charge is -2.57. The zero-order valence-electron chi connectivity index (χ0n) is 20.2. The van der Waals surface area contributed by atoms with Gasteiger partial charge in [0.1, 0.15) is 6.17 Å². The van der Waals surface area contributed by atoms with Crippen molar-refractivity contribution in [1.29, 1.82) is 0 Å². The van der Waals surface area contributed by atoms with Gasteiger partial charge in [0.15, 0.2) is 5.78 Å². The van der Waals surface area contributed by atoms with Gasteiger partial charge in [-0.25, -0.2) is 4.39 Å². The molecule has 4 aliphatic rings. The Kier molecular flexibility index (Phi) is 5.64. The monoisotopic (exact) mass is 478 g/mol. The van der Waals surface area contributed by atoms with Gasteiger partial charge in [0.05, 0.1) is 23.2 Å². The molecule has 0 aromatic carbocycles. The number of Topliss-reactive ketones (excluding diaryl/α,β-unsaturated/α-hetero) is 1. The van der Waals surface area contributed by atoms with Crippen LogP contribution in [-0.2, 0) is 20.9 Å². The van der Waals surface area contributed by atoms with E-state index in [1.54, 1.807) is 23.3 Å². The quantitative estimate of drug-likeness (QED) is 0.661. The van der Waals surface area contributed by atoms with Gasteiger partial charge in [0.25, 0.3) is 0 Å². The van der Waals surface area contributed by atoms with E-state index in [0.29, 0.717) is 41.4 Å². The van der Waals surface area contributed by atoms with Crippen LogP contribution in [0.15, 0.2) is 17.3 Å². The van der Waals surface area contributed by atoms with Gasteiger partial charge in [0, 0.05) is 18.4 Å². The second kappa shape index (κ2) is 7.91. The molecule has 184 valence electrons. The molecule has 10 atom stereocenters. The minimum absolute atomic E-state index is 0.00548. The third kappa shape index (κ3) is 4.01. The highest BCUT2D eigenvalue weighted by Gasteiger charge is 2.60. The van der Waals surface area contributed by atoms with E-state index in [9.17, 15) is 14.1 Å². The van der Waals surface area contributed by atoms with Crippen LogP contribution in [0.4, 0.5) is 4.39 Å². The lowest BCUT2D eigenvalue weighted by atomic mass is 9.48. The normalized spacial score (nSPS) is 46.6. The number of nitrogens with zero attached hydrogens (tertiary/aromatic N) is 2. The highest BCUT2D eigenvalue weighted by molar-refractivity contribution is 7.99. The Morgan fingerprint density at radius 3 is 2.61 bits per heavy atom. The van der Waals surface area contributed by atoms with Gasteiger partial charge in [-0.05, 0) is 109 Å². The summed E-state index contributed by atoms with van der Waals surface area (Å²) in [6.45, 7) is 4.34. The standard InChI is InChI=1S/C26H39FN2O3S/c1-25(31)9-7-18-17-8-10-26(2)21(19(17)11-23(27)20(18)12-25)5-6-22(26)24(30)15-29-14-16(13-28-29)33(3,4)32/h13-14,17-23,31H,3,5-12,15H2,1-2,4H3/t17-,18-,19-,20+,21+,22-,23-,25-,26+,33?/m1/s1. The molecule has 0 saturated heterocycles. The molecule has 4 aliphatic carbocycles. The Bertz CT molecular complexity index is 1030. The van der Waals surface area contributed by atoms with E-state index in [-0.39, 0.29) is 29.6 Å². The van der Waals surface area contributed by atoms with Gasteiger partial charge in [-0.2, -0.15) is 5.10 Å². The van der Waals surface area contributed by atoms with E-state index in [0.717, 1.165) is 38.5 Å². The van der Waals surface area contributed by atoms with Crippen LogP contribution in [0.1, 0.15) is 65.2 Å². The summed E-state index contributed by atoms with van der Waals surface area (Å²) in [7, 11) is -2.35. The summed E-state index contributed by atoms with van der Waals surface area (Å²) in [6, 6.07) is 0. The first kappa shape index (κ1) is 23.5. The molecule has 1 aromatic heterocycles. The van der Waals surface area contributed by atoms with E-state index < -0.39 is 21.3 Å². The second-order valence-corrected chi connectivity index (χ2v) is 14.8. The van der Waals surface area contributed by atoms with Crippen molar-refractivity contribution < 1.29 is 18.5 Å². The summed E-state index contributed by atoms with van der Waals surface area (Å²) in [5.74, 6) is 5.54.